The fourth-order valence-electron chi connectivity index (χ4n) is 5.30. The highest BCUT2D eigenvalue weighted by molar-refractivity contribution is 5.69. The molecule has 0 aliphatic heterocycles. The van der Waals surface area contributed by atoms with Crippen molar-refractivity contribution < 1.29 is 19.4 Å². The Hall–Kier alpha value is -2.62. The highest BCUT2D eigenvalue weighted by Gasteiger charge is 2.11. The van der Waals surface area contributed by atoms with Crippen molar-refractivity contribution in [3.8, 4) is 0 Å². The zero-order valence-electron chi connectivity index (χ0n) is 30.6. The molecular formula is C43H72O4. The lowest BCUT2D eigenvalue weighted by Crippen LogP contribution is -2.16. The molecule has 0 aromatic carbocycles. The van der Waals surface area contributed by atoms with Gasteiger partial charge in [0.15, 0.2) is 0 Å². The van der Waals surface area contributed by atoms with Gasteiger partial charge < -0.3 is 9.84 Å². The van der Waals surface area contributed by atoms with E-state index in [1.807, 2.05) is 0 Å². The Morgan fingerprint density at radius 1 is 0.511 bits per heavy atom. The summed E-state index contributed by atoms with van der Waals surface area (Å²) >= 11 is 0. The van der Waals surface area contributed by atoms with Gasteiger partial charge in [0.05, 0.1) is 0 Å². The Bertz CT molecular complexity index is 876. The van der Waals surface area contributed by atoms with Gasteiger partial charge in [-0.1, -0.05) is 151 Å². The molecule has 0 bridgehead atoms. The van der Waals surface area contributed by atoms with Crippen molar-refractivity contribution in [2.75, 3.05) is 0 Å². The van der Waals surface area contributed by atoms with Crippen LogP contribution in [0.5, 0.6) is 0 Å². The molecule has 4 nitrogen and oxygen atoms in total. The third-order valence-corrected chi connectivity index (χ3v) is 8.15. The minimum atomic E-state index is -0.730. The van der Waals surface area contributed by atoms with E-state index in [0.717, 1.165) is 77.0 Å². The Balaban J connectivity index is 4.00. The highest BCUT2D eigenvalue weighted by Crippen LogP contribution is 2.15. The number of carbonyl (C=O) groups is 2. The van der Waals surface area contributed by atoms with Crippen molar-refractivity contribution in [3.63, 3.8) is 0 Å². The maximum absolute atomic E-state index is 12.6. The van der Waals surface area contributed by atoms with E-state index in [9.17, 15) is 9.59 Å². The summed E-state index contributed by atoms with van der Waals surface area (Å²) in [6.07, 6.45) is 53.6. The molecule has 0 saturated carbocycles. The van der Waals surface area contributed by atoms with Crippen LogP contribution in [0.15, 0.2) is 72.9 Å². The summed E-state index contributed by atoms with van der Waals surface area (Å²) in [5.41, 5.74) is 0. The second-order valence-electron chi connectivity index (χ2n) is 12.7. The molecular weight excluding hydrogens is 580 g/mol. The van der Waals surface area contributed by atoms with E-state index in [1.54, 1.807) is 0 Å². The molecule has 0 spiro atoms. The summed E-state index contributed by atoms with van der Waals surface area (Å²) < 4.78 is 5.85. The molecule has 0 aromatic rings. The molecule has 0 aromatic heterocycles. The third-order valence-electron chi connectivity index (χ3n) is 8.15. The Morgan fingerprint density at radius 3 is 1.51 bits per heavy atom. The third kappa shape index (κ3) is 37.7. The smallest absolute Gasteiger partial charge is 0.306 e. The Kier molecular flexibility index (Phi) is 35.7. The van der Waals surface area contributed by atoms with Crippen LogP contribution in [-0.4, -0.2) is 23.1 Å². The van der Waals surface area contributed by atoms with E-state index < -0.39 is 5.97 Å². The average Bonchev–Trinajstić information content (AvgIpc) is 3.05. The van der Waals surface area contributed by atoms with Gasteiger partial charge in [0.2, 0.25) is 0 Å². The van der Waals surface area contributed by atoms with E-state index in [0.29, 0.717) is 12.8 Å². The van der Waals surface area contributed by atoms with Crippen LogP contribution in [0.3, 0.4) is 0 Å². The fraction of sp³-hybridized carbons (Fsp3) is 0.674. The van der Waals surface area contributed by atoms with Crippen LogP contribution in [0.4, 0.5) is 0 Å². The molecule has 47 heavy (non-hydrogen) atoms. The second-order valence-corrected chi connectivity index (χ2v) is 12.7. The monoisotopic (exact) mass is 653 g/mol. The van der Waals surface area contributed by atoms with Crippen molar-refractivity contribution in [1.29, 1.82) is 0 Å². The van der Waals surface area contributed by atoms with E-state index in [1.165, 1.54) is 70.6 Å². The van der Waals surface area contributed by atoms with Crippen molar-refractivity contribution >= 4 is 11.9 Å². The predicted molar refractivity (Wildman–Crippen MR) is 204 cm³/mol. The van der Waals surface area contributed by atoms with Gasteiger partial charge in [0, 0.05) is 12.8 Å². The number of hydrogen-bond acceptors (Lipinski definition) is 3. The number of unbranched alkanes of at least 4 members (excludes halogenated alkanes) is 15. The van der Waals surface area contributed by atoms with Crippen LogP contribution in [0.2, 0.25) is 0 Å². The topological polar surface area (TPSA) is 63.6 Å². The van der Waals surface area contributed by atoms with Gasteiger partial charge in [-0.3, -0.25) is 9.59 Å². The van der Waals surface area contributed by atoms with Gasteiger partial charge in [-0.2, -0.15) is 0 Å². The van der Waals surface area contributed by atoms with Crippen molar-refractivity contribution in [2.45, 2.75) is 187 Å². The number of hydrogen-bond donors (Lipinski definition) is 1. The SMILES string of the molecule is CC/C=C\C/C=C\C/C=C\C/C=C\CCCCCCCCCCC(=O)OC(/C=C\C/C=C\CCCCCC)CCCCCCC(=O)O. The van der Waals surface area contributed by atoms with Crippen LogP contribution in [0.25, 0.3) is 0 Å². The standard InChI is InChI=1S/C43H72O4/c1-3-5-7-9-11-13-14-15-16-17-18-19-20-21-22-23-24-26-28-30-36-40-43(46)47-41(38-34-31-32-35-39-42(44)45)37-33-29-27-25-12-10-8-6-4-2/h5,7,11,13,15-16,18-19,25,27,33,37,41H,3-4,6,8-10,12,14,17,20-24,26,28-32,34-36,38-40H2,1-2H3,(H,44,45)/b7-5-,13-11-,16-15-,19-18-,27-25-,37-33-. The Morgan fingerprint density at radius 2 is 0.957 bits per heavy atom. The molecule has 1 unspecified atom stereocenters. The van der Waals surface area contributed by atoms with E-state index in [-0.39, 0.29) is 18.5 Å². The fourth-order valence-corrected chi connectivity index (χ4v) is 5.30. The van der Waals surface area contributed by atoms with Crippen LogP contribution in [0, 0.1) is 0 Å². The summed E-state index contributed by atoms with van der Waals surface area (Å²) in [6.45, 7) is 4.40. The minimum Gasteiger partial charge on any atom is -0.481 e. The maximum Gasteiger partial charge on any atom is 0.306 e. The van der Waals surface area contributed by atoms with Crippen LogP contribution < -0.4 is 0 Å². The normalized spacial score (nSPS) is 13.1. The molecule has 268 valence electrons. The lowest BCUT2D eigenvalue weighted by atomic mass is 10.1. The number of carboxylic acids is 1. The summed E-state index contributed by atoms with van der Waals surface area (Å²) in [7, 11) is 0. The summed E-state index contributed by atoms with van der Waals surface area (Å²) in [6, 6.07) is 0. The molecule has 1 N–H and O–H groups in total. The molecule has 0 rings (SSSR count). The Labute approximate surface area is 290 Å². The molecule has 0 amide bonds. The first-order valence-electron chi connectivity index (χ1n) is 19.4. The second kappa shape index (κ2) is 37.8. The van der Waals surface area contributed by atoms with E-state index in [4.69, 9.17) is 9.84 Å². The lowest BCUT2D eigenvalue weighted by Gasteiger charge is -2.14. The molecule has 0 radical (unpaired) electrons. The zero-order valence-corrected chi connectivity index (χ0v) is 30.6. The van der Waals surface area contributed by atoms with Gasteiger partial charge >= 0.3 is 11.9 Å². The quantitative estimate of drug-likeness (QED) is 0.0427. The number of carbonyl (C=O) groups excluding carboxylic acids is 1. The summed E-state index contributed by atoms with van der Waals surface area (Å²) in [5, 5.41) is 8.82. The van der Waals surface area contributed by atoms with Crippen molar-refractivity contribution in [2.24, 2.45) is 0 Å². The van der Waals surface area contributed by atoms with Crippen LogP contribution >= 0.6 is 0 Å². The lowest BCUT2D eigenvalue weighted by molar-refractivity contribution is -0.147. The van der Waals surface area contributed by atoms with Gasteiger partial charge in [-0.05, 0) is 89.5 Å². The summed E-state index contributed by atoms with van der Waals surface area (Å²) in [5.74, 6) is -0.820. The summed E-state index contributed by atoms with van der Waals surface area (Å²) in [4.78, 5) is 23.3. The molecule has 0 heterocycles. The maximum atomic E-state index is 12.6. The van der Waals surface area contributed by atoms with Crippen molar-refractivity contribution in [1.82, 2.24) is 0 Å². The van der Waals surface area contributed by atoms with E-state index in [2.05, 4.69) is 86.8 Å². The average molecular weight is 653 g/mol. The largest absolute Gasteiger partial charge is 0.481 e. The van der Waals surface area contributed by atoms with Gasteiger partial charge in [0.25, 0.3) is 0 Å². The van der Waals surface area contributed by atoms with Crippen LogP contribution in [-0.2, 0) is 14.3 Å². The van der Waals surface area contributed by atoms with Gasteiger partial charge in [0.1, 0.15) is 6.10 Å². The number of aliphatic carboxylic acids is 1. The first kappa shape index (κ1) is 44.4. The first-order valence-corrected chi connectivity index (χ1v) is 19.4. The number of ether oxygens (including phenoxy) is 1. The highest BCUT2D eigenvalue weighted by atomic mass is 16.5. The van der Waals surface area contributed by atoms with Crippen LogP contribution in [0.1, 0.15) is 181 Å². The zero-order chi connectivity index (χ0) is 34.3. The van der Waals surface area contributed by atoms with Gasteiger partial charge in [-0.25, -0.2) is 0 Å². The van der Waals surface area contributed by atoms with Gasteiger partial charge in [-0.15, -0.1) is 0 Å². The van der Waals surface area contributed by atoms with E-state index >= 15 is 0 Å². The molecule has 0 aliphatic carbocycles. The first-order chi connectivity index (χ1) is 23.1. The predicted octanol–water partition coefficient (Wildman–Crippen LogP) is 13.5. The number of rotatable bonds is 34. The molecule has 4 heteroatoms. The van der Waals surface area contributed by atoms with Crippen molar-refractivity contribution in [3.05, 3.63) is 72.9 Å². The minimum absolute atomic E-state index is 0.0900. The molecule has 0 aliphatic rings. The molecule has 1 atom stereocenters. The molecule has 0 saturated heterocycles. The molecule has 0 fully saturated rings. The number of carboxylic acid groups (broad SMARTS) is 1. The number of esters is 1. The number of allylic oxidation sites excluding steroid dienone is 11.